The fourth-order valence-electron chi connectivity index (χ4n) is 1.85. The molecule has 0 aliphatic rings. The van der Waals surface area contributed by atoms with Crippen LogP contribution in [0.1, 0.15) is 41.5 Å². The maximum Gasteiger partial charge on any atom is 0.180 e. The molecular weight excluding hydrogens is 228 g/mol. The highest BCUT2D eigenvalue weighted by Gasteiger charge is 2.13. The monoisotopic (exact) mass is 246 g/mol. The van der Waals surface area contributed by atoms with E-state index in [0.717, 1.165) is 12.1 Å². The van der Waals surface area contributed by atoms with E-state index in [1.54, 1.807) is 11.3 Å². The average molecular weight is 246 g/mol. The second-order valence-electron chi connectivity index (χ2n) is 4.68. The Labute approximate surface area is 107 Å². The van der Waals surface area contributed by atoms with Gasteiger partial charge in [-0.05, 0) is 18.4 Å². The van der Waals surface area contributed by atoms with Crippen LogP contribution in [0.2, 0.25) is 0 Å². The van der Waals surface area contributed by atoms with E-state index in [9.17, 15) is 0 Å². The Morgan fingerprint density at radius 1 is 1.24 bits per heavy atom. The Kier molecular flexibility index (Phi) is 3.48. The van der Waals surface area contributed by atoms with Gasteiger partial charge in [0.2, 0.25) is 0 Å². The van der Waals surface area contributed by atoms with Crippen molar-refractivity contribution in [2.45, 2.75) is 33.1 Å². The molecule has 1 aromatic carbocycles. The largest absolute Gasteiger partial charge is 0.375 e. The van der Waals surface area contributed by atoms with Gasteiger partial charge in [-0.15, -0.1) is 11.3 Å². The molecule has 0 amide bonds. The van der Waals surface area contributed by atoms with E-state index in [1.165, 1.54) is 16.0 Å². The van der Waals surface area contributed by atoms with E-state index in [4.69, 9.17) is 5.73 Å². The van der Waals surface area contributed by atoms with Crippen LogP contribution in [0, 0.1) is 6.92 Å². The molecule has 90 valence electrons. The number of hydrogen-bond donors (Lipinski definition) is 1. The van der Waals surface area contributed by atoms with Gasteiger partial charge in [0, 0.05) is 11.3 Å². The number of thiazole rings is 1. The summed E-state index contributed by atoms with van der Waals surface area (Å²) in [5, 5.41) is 0.677. The van der Waals surface area contributed by atoms with Crippen LogP contribution in [0.4, 0.5) is 5.13 Å². The molecule has 2 nitrogen and oxygen atoms in total. The zero-order chi connectivity index (χ0) is 12.4. The summed E-state index contributed by atoms with van der Waals surface area (Å²) in [5.41, 5.74) is 9.56. The normalized spacial score (nSPS) is 11.1. The van der Waals surface area contributed by atoms with Crippen molar-refractivity contribution >= 4 is 16.5 Å². The molecule has 0 bridgehead atoms. The molecule has 0 saturated heterocycles. The topological polar surface area (TPSA) is 38.9 Å². The zero-order valence-corrected chi connectivity index (χ0v) is 11.3. The number of nitrogen functional groups attached to an aromatic ring is 1. The number of nitrogens with zero attached hydrogens (tertiary/aromatic N) is 1. The molecule has 2 rings (SSSR count). The number of benzene rings is 1. The summed E-state index contributed by atoms with van der Waals surface area (Å²) in [4.78, 5) is 5.71. The molecule has 0 saturated carbocycles. The van der Waals surface area contributed by atoms with Gasteiger partial charge in [0.25, 0.3) is 0 Å². The van der Waals surface area contributed by atoms with E-state index in [1.807, 2.05) is 0 Å². The number of anilines is 1. The Morgan fingerprint density at radius 2 is 1.88 bits per heavy atom. The van der Waals surface area contributed by atoms with Crippen molar-refractivity contribution in [3.63, 3.8) is 0 Å². The van der Waals surface area contributed by atoms with Crippen LogP contribution in [0.3, 0.4) is 0 Å². The standard InChI is InChI=1S/C14H18N2S/c1-9(2)13-12(17-14(15)16-13)8-11-6-4-10(3)5-7-11/h4-7,9H,8H2,1-3H3,(H2,15,16). The summed E-state index contributed by atoms with van der Waals surface area (Å²) >= 11 is 1.61. The van der Waals surface area contributed by atoms with Crippen molar-refractivity contribution in [2.75, 3.05) is 5.73 Å². The molecule has 0 atom stereocenters. The van der Waals surface area contributed by atoms with Crippen molar-refractivity contribution < 1.29 is 0 Å². The van der Waals surface area contributed by atoms with Gasteiger partial charge in [-0.3, -0.25) is 0 Å². The van der Waals surface area contributed by atoms with Gasteiger partial charge in [-0.25, -0.2) is 4.98 Å². The van der Waals surface area contributed by atoms with Gasteiger partial charge in [-0.2, -0.15) is 0 Å². The summed E-state index contributed by atoms with van der Waals surface area (Å²) in [6.07, 6.45) is 0.933. The van der Waals surface area contributed by atoms with Crippen LogP contribution in [-0.4, -0.2) is 4.98 Å². The maximum absolute atomic E-state index is 5.80. The van der Waals surface area contributed by atoms with E-state index in [0.29, 0.717) is 11.0 Å². The summed E-state index contributed by atoms with van der Waals surface area (Å²) in [7, 11) is 0. The molecule has 2 N–H and O–H groups in total. The molecule has 17 heavy (non-hydrogen) atoms. The molecule has 0 aliphatic heterocycles. The lowest BCUT2D eigenvalue weighted by molar-refractivity contribution is 0.820. The molecule has 1 aromatic heterocycles. The first-order valence-electron chi connectivity index (χ1n) is 5.87. The number of hydrogen-bond acceptors (Lipinski definition) is 3. The Hall–Kier alpha value is -1.35. The Morgan fingerprint density at radius 3 is 2.47 bits per heavy atom. The molecule has 0 fully saturated rings. The highest BCUT2D eigenvalue weighted by Crippen LogP contribution is 2.28. The fraction of sp³-hybridized carbons (Fsp3) is 0.357. The Balaban J connectivity index is 2.26. The number of rotatable bonds is 3. The van der Waals surface area contributed by atoms with Gasteiger partial charge in [-0.1, -0.05) is 43.7 Å². The van der Waals surface area contributed by atoms with Crippen molar-refractivity contribution in [3.05, 3.63) is 46.0 Å². The summed E-state index contributed by atoms with van der Waals surface area (Å²) in [5.74, 6) is 0.434. The van der Waals surface area contributed by atoms with E-state index in [-0.39, 0.29) is 0 Å². The second kappa shape index (κ2) is 4.88. The molecule has 3 heteroatoms. The predicted octanol–water partition coefficient (Wildman–Crippen LogP) is 3.75. The number of aromatic nitrogens is 1. The third-order valence-corrected chi connectivity index (χ3v) is 3.68. The molecule has 0 spiro atoms. The van der Waals surface area contributed by atoms with Gasteiger partial charge in [0.05, 0.1) is 5.69 Å². The summed E-state index contributed by atoms with van der Waals surface area (Å²) in [6, 6.07) is 8.65. The first-order valence-corrected chi connectivity index (χ1v) is 6.68. The number of nitrogens with two attached hydrogens (primary N) is 1. The SMILES string of the molecule is Cc1ccc(Cc2sc(N)nc2C(C)C)cc1. The second-order valence-corrected chi connectivity index (χ2v) is 5.79. The van der Waals surface area contributed by atoms with Crippen molar-refractivity contribution in [3.8, 4) is 0 Å². The molecular formula is C14H18N2S. The fourth-order valence-corrected chi connectivity index (χ4v) is 2.87. The van der Waals surface area contributed by atoms with Gasteiger partial charge in [0.15, 0.2) is 5.13 Å². The van der Waals surface area contributed by atoms with Crippen LogP contribution in [0.5, 0.6) is 0 Å². The van der Waals surface area contributed by atoms with Crippen molar-refractivity contribution in [2.24, 2.45) is 0 Å². The summed E-state index contributed by atoms with van der Waals surface area (Å²) in [6.45, 7) is 6.42. The minimum atomic E-state index is 0.434. The molecule has 2 aromatic rings. The van der Waals surface area contributed by atoms with E-state index < -0.39 is 0 Å². The number of aryl methyl sites for hydroxylation is 1. The van der Waals surface area contributed by atoms with E-state index >= 15 is 0 Å². The average Bonchev–Trinajstić information content (AvgIpc) is 2.63. The quantitative estimate of drug-likeness (QED) is 0.895. The minimum absolute atomic E-state index is 0.434. The molecule has 0 unspecified atom stereocenters. The maximum atomic E-state index is 5.80. The first-order chi connectivity index (χ1) is 8.06. The first kappa shape index (κ1) is 12.1. The van der Waals surface area contributed by atoms with Crippen molar-refractivity contribution in [1.82, 2.24) is 4.98 Å². The molecule has 1 heterocycles. The molecule has 0 radical (unpaired) electrons. The Bertz CT molecular complexity index is 497. The van der Waals surface area contributed by atoms with Crippen LogP contribution < -0.4 is 5.73 Å². The highest BCUT2D eigenvalue weighted by molar-refractivity contribution is 7.15. The minimum Gasteiger partial charge on any atom is -0.375 e. The predicted molar refractivity (Wildman–Crippen MR) is 74.6 cm³/mol. The van der Waals surface area contributed by atoms with Crippen LogP contribution in [-0.2, 0) is 6.42 Å². The van der Waals surface area contributed by atoms with Gasteiger partial charge >= 0.3 is 0 Å². The lowest BCUT2D eigenvalue weighted by Gasteiger charge is -2.05. The zero-order valence-electron chi connectivity index (χ0n) is 10.5. The lowest BCUT2D eigenvalue weighted by Crippen LogP contribution is -1.95. The lowest BCUT2D eigenvalue weighted by atomic mass is 10.0. The molecule has 0 aliphatic carbocycles. The highest BCUT2D eigenvalue weighted by atomic mass is 32.1. The van der Waals surface area contributed by atoms with Gasteiger partial charge < -0.3 is 5.73 Å². The third-order valence-electron chi connectivity index (χ3n) is 2.78. The van der Waals surface area contributed by atoms with Crippen LogP contribution in [0.25, 0.3) is 0 Å². The van der Waals surface area contributed by atoms with E-state index in [2.05, 4.69) is 50.0 Å². The van der Waals surface area contributed by atoms with Gasteiger partial charge in [0.1, 0.15) is 0 Å². The smallest absolute Gasteiger partial charge is 0.180 e. The van der Waals surface area contributed by atoms with Crippen LogP contribution in [0.15, 0.2) is 24.3 Å². The van der Waals surface area contributed by atoms with Crippen LogP contribution >= 0.6 is 11.3 Å². The third kappa shape index (κ3) is 2.86. The van der Waals surface area contributed by atoms with Crippen molar-refractivity contribution in [1.29, 1.82) is 0 Å². The summed E-state index contributed by atoms with van der Waals surface area (Å²) < 4.78 is 0.